The van der Waals surface area contributed by atoms with Crippen LogP contribution in [0.2, 0.25) is 0 Å². The maximum absolute atomic E-state index is 13.4. The van der Waals surface area contributed by atoms with Gasteiger partial charge in [-0.25, -0.2) is 17.2 Å². The molecule has 1 aliphatic heterocycles. The van der Waals surface area contributed by atoms with Crippen molar-refractivity contribution in [1.29, 1.82) is 0 Å². The van der Waals surface area contributed by atoms with E-state index in [1.807, 2.05) is 0 Å². The highest BCUT2D eigenvalue weighted by molar-refractivity contribution is 7.93. The molecule has 0 saturated carbocycles. The van der Waals surface area contributed by atoms with Gasteiger partial charge in [0, 0.05) is 25.9 Å². The van der Waals surface area contributed by atoms with Crippen LogP contribution in [0.15, 0.2) is 89.6 Å². The van der Waals surface area contributed by atoms with Crippen molar-refractivity contribution in [2.45, 2.75) is 18.9 Å². The van der Waals surface area contributed by atoms with Gasteiger partial charge in [-0.15, -0.1) is 0 Å². The molecule has 0 amide bonds. The summed E-state index contributed by atoms with van der Waals surface area (Å²) in [4.78, 5) is 5.86. The smallest absolute Gasteiger partial charge is 0.243 e. The van der Waals surface area contributed by atoms with Crippen LogP contribution in [0.3, 0.4) is 0 Å². The molecule has 2 aromatic rings. The van der Waals surface area contributed by atoms with Crippen molar-refractivity contribution in [1.82, 2.24) is 4.31 Å². The molecule has 0 unspecified atom stereocenters. The summed E-state index contributed by atoms with van der Waals surface area (Å²) in [5.74, 6) is -0.766. The first-order valence-corrected chi connectivity index (χ1v) is 11.7. The summed E-state index contributed by atoms with van der Waals surface area (Å²) in [5.41, 5.74) is 7.30. The van der Waals surface area contributed by atoms with Gasteiger partial charge in [0.2, 0.25) is 10.0 Å². The Bertz CT molecular complexity index is 1100. The highest BCUT2D eigenvalue weighted by atomic mass is 32.2. The Kier molecular flexibility index (Phi) is 8.13. The number of nitrogens with two attached hydrogens (primary N) is 1. The van der Waals surface area contributed by atoms with Crippen molar-refractivity contribution in [3.05, 3.63) is 107 Å². The average Bonchev–Trinajstić information content (AvgIpc) is 2.82. The molecule has 0 spiro atoms. The van der Waals surface area contributed by atoms with E-state index in [9.17, 15) is 17.2 Å². The summed E-state index contributed by atoms with van der Waals surface area (Å²) in [6.07, 6.45) is 5.45. The summed E-state index contributed by atoms with van der Waals surface area (Å²) < 4.78 is 53.7. The van der Waals surface area contributed by atoms with Gasteiger partial charge in [-0.2, -0.15) is 4.31 Å². The van der Waals surface area contributed by atoms with Gasteiger partial charge in [0.1, 0.15) is 11.6 Å². The molecular weight excluding hydrogens is 448 g/mol. The van der Waals surface area contributed by atoms with E-state index in [0.29, 0.717) is 29.7 Å². The molecule has 6 nitrogen and oxygen atoms in total. The summed E-state index contributed by atoms with van der Waals surface area (Å²) >= 11 is 0. The van der Waals surface area contributed by atoms with Gasteiger partial charge in [0.15, 0.2) is 6.10 Å². The summed E-state index contributed by atoms with van der Waals surface area (Å²) in [6, 6.07) is 11.6. The van der Waals surface area contributed by atoms with Gasteiger partial charge in [0.25, 0.3) is 0 Å². The lowest BCUT2D eigenvalue weighted by Crippen LogP contribution is -2.39. The Hall–Kier alpha value is -3.30. The number of hydrogen-bond donors (Lipinski definition) is 1. The Morgan fingerprint density at radius 3 is 2.00 bits per heavy atom. The monoisotopic (exact) mass is 473 g/mol. The van der Waals surface area contributed by atoms with Gasteiger partial charge in [0.05, 0.1) is 10.6 Å². The number of benzene rings is 2. The minimum absolute atomic E-state index is 0.0634. The molecule has 0 aliphatic carbocycles. The van der Waals surface area contributed by atoms with Crippen molar-refractivity contribution in [2.24, 2.45) is 10.9 Å². The molecule has 9 heteroatoms. The molecule has 1 saturated heterocycles. The standard InChI is InChI=1S/C24H25F2N3O3S/c1-2-23(4-3-15-27)33(30,31)29-16-13-22(14-17-29)28-32-24(18-5-9-20(25)10-6-18)19-7-11-21(26)12-8-19/h2-12,15,24H,1,13-14,16-17,27H2/b15-3-,23-4+. The van der Waals surface area contributed by atoms with Crippen LogP contribution in [-0.2, 0) is 14.9 Å². The highest BCUT2D eigenvalue weighted by Gasteiger charge is 2.28. The molecule has 0 atom stereocenters. The molecule has 1 fully saturated rings. The minimum Gasteiger partial charge on any atom is -0.405 e. The largest absolute Gasteiger partial charge is 0.405 e. The molecule has 2 aromatic carbocycles. The molecule has 0 radical (unpaired) electrons. The number of rotatable bonds is 8. The zero-order chi connectivity index (χ0) is 23.8. The first-order chi connectivity index (χ1) is 15.8. The third-order valence-electron chi connectivity index (χ3n) is 5.14. The van der Waals surface area contributed by atoms with E-state index in [1.165, 1.54) is 53.0 Å². The first-order valence-electron chi connectivity index (χ1n) is 10.3. The van der Waals surface area contributed by atoms with Crippen LogP contribution in [0, 0.1) is 11.6 Å². The van der Waals surface area contributed by atoms with Crippen molar-refractivity contribution in [3.8, 4) is 0 Å². The molecule has 1 heterocycles. The van der Waals surface area contributed by atoms with E-state index < -0.39 is 16.1 Å². The van der Waals surface area contributed by atoms with Crippen molar-refractivity contribution in [2.75, 3.05) is 13.1 Å². The average molecular weight is 474 g/mol. The van der Waals surface area contributed by atoms with E-state index >= 15 is 0 Å². The lowest BCUT2D eigenvalue weighted by molar-refractivity contribution is 0.0856. The quantitative estimate of drug-likeness (QED) is 0.455. The van der Waals surface area contributed by atoms with Crippen LogP contribution in [0.1, 0.15) is 30.1 Å². The fourth-order valence-corrected chi connectivity index (χ4v) is 4.77. The Morgan fingerprint density at radius 1 is 1.03 bits per heavy atom. The third kappa shape index (κ3) is 6.15. The summed E-state index contributed by atoms with van der Waals surface area (Å²) in [7, 11) is -3.69. The number of nitrogens with zero attached hydrogens (tertiary/aromatic N) is 2. The van der Waals surface area contributed by atoms with Gasteiger partial charge in [-0.3, -0.25) is 0 Å². The van der Waals surface area contributed by atoms with E-state index in [0.717, 1.165) is 0 Å². The van der Waals surface area contributed by atoms with E-state index in [4.69, 9.17) is 10.6 Å². The topological polar surface area (TPSA) is 85.0 Å². The van der Waals surface area contributed by atoms with Crippen LogP contribution in [0.25, 0.3) is 0 Å². The third-order valence-corrected chi connectivity index (χ3v) is 7.09. The zero-order valence-electron chi connectivity index (χ0n) is 17.9. The number of hydrogen-bond acceptors (Lipinski definition) is 5. The lowest BCUT2D eigenvalue weighted by atomic mass is 10.0. The number of oxime groups is 1. The molecule has 33 heavy (non-hydrogen) atoms. The Labute approximate surface area is 192 Å². The fraction of sp³-hybridized carbons (Fsp3) is 0.208. The molecule has 3 rings (SSSR count). The second kappa shape index (κ2) is 11.0. The van der Waals surface area contributed by atoms with Gasteiger partial charge < -0.3 is 10.6 Å². The summed E-state index contributed by atoms with van der Waals surface area (Å²) in [5, 5.41) is 4.26. The van der Waals surface area contributed by atoms with Crippen LogP contribution in [-0.4, -0.2) is 31.5 Å². The molecule has 1 aliphatic rings. The summed E-state index contributed by atoms with van der Waals surface area (Å²) in [6.45, 7) is 4.04. The molecule has 0 aromatic heterocycles. The van der Waals surface area contributed by atoms with Gasteiger partial charge >= 0.3 is 0 Å². The van der Waals surface area contributed by atoms with Crippen LogP contribution < -0.4 is 5.73 Å². The van der Waals surface area contributed by atoms with Crippen molar-refractivity contribution >= 4 is 15.7 Å². The van der Waals surface area contributed by atoms with Crippen LogP contribution >= 0.6 is 0 Å². The maximum Gasteiger partial charge on any atom is 0.243 e. The SMILES string of the molecule is C=C/C(=C\C=C/N)S(=O)(=O)N1CCC(=NOC(c2ccc(F)cc2)c2ccc(F)cc2)CC1. The molecule has 174 valence electrons. The highest BCUT2D eigenvalue weighted by Crippen LogP contribution is 2.28. The van der Waals surface area contributed by atoms with Crippen molar-refractivity contribution < 1.29 is 22.0 Å². The Morgan fingerprint density at radius 2 is 1.55 bits per heavy atom. The second-order valence-electron chi connectivity index (χ2n) is 7.31. The molecule has 0 bridgehead atoms. The van der Waals surface area contributed by atoms with Gasteiger partial charge in [-0.1, -0.05) is 36.0 Å². The predicted octanol–water partition coefficient (Wildman–Crippen LogP) is 4.39. The lowest BCUT2D eigenvalue weighted by Gasteiger charge is -2.27. The van der Waals surface area contributed by atoms with E-state index in [-0.39, 0.29) is 29.6 Å². The number of allylic oxidation sites excluding steroid dienone is 3. The maximum atomic E-state index is 13.4. The number of sulfonamides is 1. The zero-order valence-corrected chi connectivity index (χ0v) is 18.7. The van der Waals surface area contributed by atoms with E-state index in [2.05, 4.69) is 11.7 Å². The Balaban J connectivity index is 1.74. The molecular formula is C24H25F2N3O3S. The fourth-order valence-electron chi connectivity index (χ4n) is 3.35. The first kappa shape index (κ1) is 24.3. The van der Waals surface area contributed by atoms with E-state index in [1.54, 1.807) is 24.3 Å². The van der Waals surface area contributed by atoms with Gasteiger partial charge in [-0.05, 0) is 59.8 Å². The van der Waals surface area contributed by atoms with Crippen molar-refractivity contribution in [3.63, 3.8) is 0 Å². The van der Waals surface area contributed by atoms with Crippen LogP contribution in [0.4, 0.5) is 8.78 Å². The van der Waals surface area contributed by atoms with Crippen LogP contribution in [0.5, 0.6) is 0 Å². The predicted molar refractivity (Wildman–Crippen MR) is 124 cm³/mol. The number of halogens is 2. The second-order valence-corrected chi connectivity index (χ2v) is 9.25. The molecule has 2 N–H and O–H groups in total. The number of piperidine rings is 1. The normalized spacial score (nSPS) is 15.7. The minimum atomic E-state index is -3.69.